The van der Waals surface area contributed by atoms with Crippen LogP contribution in [-0.2, 0) is 6.54 Å². The summed E-state index contributed by atoms with van der Waals surface area (Å²) in [6.07, 6.45) is 0.430. The molecular weight excluding hydrogens is 375 g/mol. The molecule has 0 saturated heterocycles. The third-order valence-corrected chi connectivity index (χ3v) is 4.44. The largest absolute Gasteiger partial charge is 0.507 e. The average Bonchev–Trinajstić information content (AvgIpc) is 3.08. The van der Waals surface area contributed by atoms with Crippen LogP contribution >= 0.6 is 0 Å². The number of carbonyl (C=O) groups excluding carboxylic acids is 1. The van der Waals surface area contributed by atoms with Crippen LogP contribution in [0, 0.1) is 5.82 Å². The number of amides is 1. The van der Waals surface area contributed by atoms with E-state index in [9.17, 15) is 14.3 Å². The Labute approximate surface area is 167 Å². The highest BCUT2D eigenvalue weighted by molar-refractivity contribution is 5.98. The minimum Gasteiger partial charge on any atom is -0.507 e. The summed E-state index contributed by atoms with van der Waals surface area (Å²) >= 11 is 0. The molecule has 0 atom stereocenters. The first kappa shape index (κ1) is 20.3. The van der Waals surface area contributed by atoms with E-state index in [1.807, 2.05) is 0 Å². The van der Waals surface area contributed by atoms with Gasteiger partial charge in [-0.3, -0.25) is 4.79 Å². The number of benzene rings is 2. The topological polar surface area (TPSA) is 99.4 Å². The van der Waals surface area contributed by atoms with Gasteiger partial charge in [0.2, 0.25) is 0 Å². The van der Waals surface area contributed by atoms with E-state index in [0.29, 0.717) is 30.2 Å². The molecule has 2 aromatic carbocycles. The van der Waals surface area contributed by atoms with Crippen molar-refractivity contribution in [2.45, 2.75) is 13.0 Å². The number of para-hydroxylation sites is 1. The summed E-state index contributed by atoms with van der Waals surface area (Å²) in [7, 11) is 1.66. The molecule has 0 spiro atoms. The zero-order chi connectivity index (χ0) is 20.8. The third-order valence-electron chi connectivity index (χ3n) is 4.44. The van der Waals surface area contributed by atoms with Crippen LogP contribution in [0.25, 0.3) is 11.4 Å². The van der Waals surface area contributed by atoms with Crippen molar-refractivity contribution < 1.29 is 19.4 Å². The Hall–Kier alpha value is -3.39. The van der Waals surface area contributed by atoms with Crippen molar-refractivity contribution >= 4 is 11.7 Å². The maximum Gasteiger partial charge on any atom is 0.271 e. The minimum atomic E-state index is -0.362. The molecule has 152 valence electrons. The molecule has 1 aromatic heterocycles. The Morgan fingerprint density at radius 3 is 2.55 bits per heavy atom. The van der Waals surface area contributed by atoms with Crippen LogP contribution in [0.5, 0.6) is 5.75 Å². The fourth-order valence-electron chi connectivity index (χ4n) is 3.02. The molecular formula is C21H23FN4O3. The highest BCUT2D eigenvalue weighted by Gasteiger charge is 2.24. The van der Waals surface area contributed by atoms with Crippen molar-refractivity contribution in [3.63, 3.8) is 0 Å². The first-order chi connectivity index (χ1) is 14.0. The Kier molecular flexibility index (Phi) is 6.46. The van der Waals surface area contributed by atoms with Crippen molar-refractivity contribution in [1.82, 2.24) is 14.9 Å². The van der Waals surface area contributed by atoms with Gasteiger partial charge in [0.25, 0.3) is 5.91 Å². The van der Waals surface area contributed by atoms with Crippen LogP contribution in [0.2, 0.25) is 0 Å². The average molecular weight is 398 g/mol. The van der Waals surface area contributed by atoms with Gasteiger partial charge in [-0.05, 0) is 36.2 Å². The molecule has 0 saturated carbocycles. The Morgan fingerprint density at radius 1 is 1.17 bits per heavy atom. The molecule has 0 aliphatic rings. The molecule has 7 nitrogen and oxygen atoms in total. The van der Waals surface area contributed by atoms with Gasteiger partial charge in [0.05, 0.1) is 5.56 Å². The third kappa shape index (κ3) is 4.55. The number of nitrogens with zero attached hydrogens (tertiary/aromatic N) is 2. The number of imidazole rings is 1. The number of phenolic OH excluding ortho intramolecular Hbond substituents is 1. The monoisotopic (exact) mass is 398 g/mol. The first-order valence-electron chi connectivity index (χ1n) is 9.25. The molecule has 8 heteroatoms. The van der Waals surface area contributed by atoms with Crippen LogP contribution in [0.1, 0.15) is 22.5 Å². The van der Waals surface area contributed by atoms with E-state index in [1.54, 1.807) is 48.0 Å². The summed E-state index contributed by atoms with van der Waals surface area (Å²) in [4.78, 5) is 17.4. The van der Waals surface area contributed by atoms with Crippen LogP contribution in [0.4, 0.5) is 10.2 Å². The zero-order valence-corrected chi connectivity index (χ0v) is 16.0. The zero-order valence-electron chi connectivity index (χ0n) is 16.0. The Bertz CT molecular complexity index is 986. The summed E-state index contributed by atoms with van der Waals surface area (Å²) in [5.74, 6) is 0.0842. The van der Waals surface area contributed by atoms with E-state index in [2.05, 4.69) is 15.6 Å². The van der Waals surface area contributed by atoms with Gasteiger partial charge in [0.1, 0.15) is 17.4 Å². The molecule has 1 amide bonds. The summed E-state index contributed by atoms with van der Waals surface area (Å²) in [6, 6.07) is 12.7. The number of aliphatic hydroxyl groups excluding tert-OH is 1. The second-order valence-corrected chi connectivity index (χ2v) is 6.45. The van der Waals surface area contributed by atoms with Gasteiger partial charge >= 0.3 is 0 Å². The standard InChI is InChI=1S/C21H23FN4O3/c1-23-19-18(21(29)24-11-4-12-27)26(13-14-7-9-15(22)10-8-14)20(25-19)16-5-2-3-6-17(16)28/h2-3,5-10,23,27-28H,4,11-13H2,1H3,(H,24,29). The van der Waals surface area contributed by atoms with Crippen LogP contribution in [0.3, 0.4) is 0 Å². The van der Waals surface area contributed by atoms with E-state index < -0.39 is 0 Å². The molecule has 1 heterocycles. The maximum absolute atomic E-state index is 13.3. The summed E-state index contributed by atoms with van der Waals surface area (Å²) in [6.45, 7) is 0.532. The van der Waals surface area contributed by atoms with E-state index in [-0.39, 0.29) is 36.3 Å². The highest BCUT2D eigenvalue weighted by atomic mass is 19.1. The van der Waals surface area contributed by atoms with Crippen LogP contribution in [-0.4, -0.2) is 45.9 Å². The Morgan fingerprint density at radius 2 is 1.90 bits per heavy atom. The lowest BCUT2D eigenvalue weighted by Crippen LogP contribution is -2.28. The predicted molar refractivity (Wildman–Crippen MR) is 108 cm³/mol. The number of carbonyl (C=O) groups is 1. The number of aromatic hydroxyl groups is 1. The number of rotatable bonds is 8. The lowest BCUT2D eigenvalue weighted by atomic mass is 10.1. The minimum absolute atomic E-state index is 0.0306. The molecule has 0 fully saturated rings. The van der Waals surface area contributed by atoms with Gasteiger partial charge < -0.3 is 25.4 Å². The van der Waals surface area contributed by atoms with Crippen LogP contribution < -0.4 is 10.6 Å². The molecule has 0 aliphatic carbocycles. The van der Waals surface area contributed by atoms with E-state index in [1.165, 1.54) is 12.1 Å². The number of nitrogens with one attached hydrogen (secondary N) is 2. The van der Waals surface area contributed by atoms with Crippen molar-refractivity contribution in [3.05, 3.63) is 65.6 Å². The molecule has 4 N–H and O–H groups in total. The summed E-state index contributed by atoms with van der Waals surface area (Å²) in [5.41, 5.74) is 1.53. The summed E-state index contributed by atoms with van der Waals surface area (Å²) in [5, 5.41) is 25.0. The molecule has 29 heavy (non-hydrogen) atoms. The number of aromatic nitrogens is 2. The molecule has 0 aliphatic heterocycles. The lowest BCUT2D eigenvalue weighted by Gasteiger charge is -2.13. The number of phenols is 1. The van der Waals surface area contributed by atoms with E-state index in [4.69, 9.17) is 5.11 Å². The SMILES string of the molecule is CNc1nc(-c2ccccc2O)n(Cc2ccc(F)cc2)c1C(=O)NCCCO. The molecule has 0 bridgehead atoms. The van der Waals surface area contributed by atoms with Gasteiger partial charge in [0.15, 0.2) is 11.5 Å². The Balaban J connectivity index is 2.11. The summed E-state index contributed by atoms with van der Waals surface area (Å²) < 4.78 is 15.0. The van der Waals surface area contributed by atoms with Crippen molar-refractivity contribution in [3.8, 4) is 17.1 Å². The fraction of sp³-hybridized carbons (Fsp3) is 0.238. The van der Waals surface area contributed by atoms with Gasteiger partial charge in [-0.2, -0.15) is 0 Å². The molecule has 0 radical (unpaired) electrons. The second kappa shape index (κ2) is 9.20. The van der Waals surface area contributed by atoms with Crippen molar-refractivity contribution in [2.24, 2.45) is 0 Å². The van der Waals surface area contributed by atoms with Gasteiger partial charge in [0, 0.05) is 26.7 Å². The second-order valence-electron chi connectivity index (χ2n) is 6.45. The number of hydrogen-bond acceptors (Lipinski definition) is 5. The molecule has 3 aromatic rings. The van der Waals surface area contributed by atoms with Crippen molar-refractivity contribution in [1.29, 1.82) is 0 Å². The number of hydrogen-bond donors (Lipinski definition) is 4. The van der Waals surface area contributed by atoms with Crippen LogP contribution in [0.15, 0.2) is 48.5 Å². The quantitative estimate of drug-likeness (QED) is 0.437. The lowest BCUT2D eigenvalue weighted by molar-refractivity contribution is 0.0943. The number of anilines is 1. The first-order valence-corrected chi connectivity index (χ1v) is 9.25. The van der Waals surface area contributed by atoms with E-state index >= 15 is 0 Å². The van der Waals surface area contributed by atoms with Crippen molar-refractivity contribution in [2.75, 3.05) is 25.5 Å². The fourth-order valence-corrected chi connectivity index (χ4v) is 3.02. The predicted octanol–water partition coefficient (Wildman–Crippen LogP) is 2.60. The number of halogens is 1. The smallest absolute Gasteiger partial charge is 0.271 e. The maximum atomic E-state index is 13.3. The molecule has 0 unspecified atom stereocenters. The van der Waals surface area contributed by atoms with Gasteiger partial charge in [-0.1, -0.05) is 24.3 Å². The van der Waals surface area contributed by atoms with Gasteiger partial charge in [-0.15, -0.1) is 0 Å². The van der Waals surface area contributed by atoms with Gasteiger partial charge in [-0.25, -0.2) is 9.37 Å². The highest BCUT2D eigenvalue weighted by Crippen LogP contribution is 2.32. The number of aliphatic hydroxyl groups is 1. The molecule has 3 rings (SSSR count). The normalized spacial score (nSPS) is 10.7. The van der Waals surface area contributed by atoms with E-state index in [0.717, 1.165) is 5.56 Å².